The number of amides is 2. The summed E-state index contributed by atoms with van der Waals surface area (Å²) in [4.78, 5) is 39.8. The molecule has 214 valence electrons. The number of pyridine rings is 1. The fourth-order valence-corrected chi connectivity index (χ4v) is 5.56. The molecule has 3 heterocycles. The molecule has 2 aromatic heterocycles. The molecular weight excluding hydrogens is 536 g/mol. The van der Waals surface area contributed by atoms with Crippen LogP contribution in [0.5, 0.6) is 0 Å². The number of carbonyl (C=O) groups excluding carboxylic acids is 2. The summed E-state index contributed by atoms with van der Waals surface area (Å²) in [7, 11) is 0. The molecule has 1 fully saturated rings. The van der Waals surface area contributed by atoms with Gasteiger partial charge in [0.2, 0.25) is 11.8 Å². The number of hydrogen-bond acceptors (Lipinski definition) is 9. The van der Waals surface area contributed by atoms with Crippen molar-refractivity contribution in [2.75, 3.05) is 30.7 Å². The lowest BCUT2D eigenvalue weighted by Gasteiger charge is -2.33. The smallest absolute Gasteiger partial charge is 0.221 e. The lowest BCUT2D eigenvalue weighted by molar-refractivity contribution is -0.121. The Morgan fingerprint density at radius 1 is 1.12 bits per heavy atom. The Labute approximate surface area is 245 Å². The van der Waals surface area contributed by atoms with Crippen molar-refractivity contribution in [1.29, 1.82) is 5.26 Å². The molecule has 0 bridgehead atoms. The highest BCUT2D eigenvalue weighted by molar-refractivity contribution is 7.98. The van der Waals surface area contributed by atoms with Gasteiger partial charge in [0.1, 0.15) is 17.5 Å². The molecule has 11 heteroatoms. The fourth-order valence-electron chi connectivity index (χ4n) is 4.80. The van der Waals surface area contributed by atoms with Gasteiger partial charge in [-0.2, -0.15) is 5.26 Å². The summed E-state index contributed by atoms with van der Waals surface area (Å²) < 4.78 is 0. The third kappa shape index (κ3) is 8.74. The second kappa shape index (κ2) is 14.6. The van der Waals surface area contributed by atoms with Crippen molar-refractivity contribution in [2.45, 2.75) is 62.9 Å². The van der Waals surface area contributed by atoms with Gasteiger partial charge in [-0.25, -0.2) is 9.97 Å². The molecular formula is C30H36N8O2S. The molecule has 1 aliphatic heterocycles. The lowest BCUT2D eigenvalue weighted by Crippen LogP contribution is -2.42. The first kappa shape index (κ1) is 30.0. The summed E-state index contributed by atoms with van der Waals surface area (Å²) in [5, 5.41) is 15.8. The summed E-state index contributed by atoms with van der Waals surface area (Å²) in [5.41, 5.74) is 9.76. The second-order valence-electron chi connectivity index (χ2n) is 10.1. The van der Waals surface area contributed by atoms with Crippen molar-refractivity contribution in [2.24, 2.45) is 0 Å². The number of nitrogens with two attached hydrogens (primary N) is 1. The largest absolute Gasteiger partial charge is 0.382 e. The van der Waals surface area contributed by atoms with Crippen LogP contribution in [0.4, 0.5) is 11.5 Å². The maximum atomic E-state index is 12.4. The van der Waals surface area contributed by atoms with Crippen LogP contribution in [0.2, 0.25) is 0 Å². The van der Waals surface area contributed by atoms with Crippen LogP contribution in [-0.2, 0) is 21.8 Å². The number of nitrogens with zero attached hydrogens (tertiary/aromatic N) is 5. The summed E-state index contributed by atoms with van der Waals surface area (Å²) in [5.74, 6) is 0.475. The Balaban J connectivity index is 1.32. The normalized spacial score (nSPS) is 15.2. The molecule has 41 heavy (non-hydrogen) atoms. The monoisotopic (exact) mass is 572 g/mol. The van der Waals surface area contributed by atoms with Crippen LogP contribution in [0, 0.1) is 11.3 Å². The van der Waals surface area contributed by atoms with E-state index in [9.17, 15) is 14.9 Å². The zero-order valence-corrected chi connectivity index (χ0v) is 24.3. The molecule has 0 radical (unpaired) electrons. The maximum absolute atomic E-state index is 12.4. The molecule has 2 amide bonds. The van der Waals surface area contributed by atoms with Gasteiger partial charge in [-0.15, -0.1) is 0 Å². The molecule has 1 unspecified atom stereocenters. The number of aryl methyl sites for hydroxylation is 1. The Morgan fingerprint density at radius 2 is 1.90 bits per heavy atom. The average molecular weight is 573 g/mol. The predicted octanol–water partition coefficient (Wildman–Crippen LogP) is 4.17. The quantitative estimate of drug-likeness (QED) is 0.227. The SMILES string of the molecule is CC(=O)Nc1ccc(-c2nc(SCc3cccc(CCC(=O)NCCN4CCCCC4C)n3)nc(N)c2C#N)cc1. The van der Waals surface area contributed by atoms with Gasteiger partial charge in [-0.05, 0) is 57.0 Å². The third-order valence-corrected chi connectivity index (χ3v) is 7.87. The van der Waals surface area contributed by atoms with Gasteiger partial charge in [0, 0.05) is 55.2 Å². The minimum Gasteiger partial charge on any atom is -0.382 e. The molecule has 0 saturated carbocycles. The van der Waals surface area contributed by atoms with Crippen LogP contribution < -0.4 is 16.4 Å². The first-order valence-electron chi connectivity index (χ1n) is 13.9. The molecule has 1 saturated heterocycles. The summed E-state index contributed by atoms with van der Waals surface area (Å²) >= 11 is 1.37. The zero-order chi connectivity index (χ0) is 29.2. The fraction of sp³-hybridized carbons (Fsp3) is 0.400. The van der Waals surface area contributed by atoms with Gasteiger partial charge in [0.05, 0.1) is 11.4 Å². The number of hydrogen-bond donors (Lipinski definition) is 3. The van der Waals surface area contributed by atoms with E-state index in [1.54, 1.807) is 24.3 Å². The number of likely N-dealkylation sites (tertiary alicyclic amines) is 1. The van der Waals surface area contributed by atoms with Gasteiger partial charge < -0.3 is 16.4 Å². The van der Waals surface area contributed by atoms with Crippen molar-refractivity contribution in [3.8, 4) is 17.3 Å². The Bertz CT molecular complexity index is 1410. The first-order chi connectivity index (χ1) is 19.8. The highest BCUT2D eigenvalue weighted by atomic mass is 32.2. The van der Waals surface area contributed by atoms with Crippen molar-refractivity contribution in [3.05, 3.63) is 59.4 Å². The minimum atomic E-state index is -0.167. The number of thioether (sulfide) groups is 1. The van der Waals surface area contributed by atoms with Gasteiger partial charge in [-0.3, -0.25) is 19.5 Å². The van der Waals surface area contributed by atoms with Gasteiger partial charge in [0.15, 0.2) is 5.16 Å². The van der Waals surface area contributed by atoms with Crippen LogP contribution in [0.3, 0.4) is 0 Å². The van der Waals surface area contributed by atoms with Crippen molar-refractivity contribution in [1.82, 2.24) is 25.2 Å². The van der Waals surface area contributed by atoms with E-state index in [1.807, 2.05) is 18.2 Å². The number of nitriles is 1. The first-order valence-corrected chi connectivity index (χ1v) is 14.8. The molecule has 1 atom stereocenters. The zero-order valence-electron chi connectivity index (χ0n) is 23.5. The third-order valence-electron chi connectivity index (χ3n) is 6.99. The summed E-state index contributed by atoms with van der Waals surface area (Å²) in [6.07, 6.45) is 4.71. The van der Waals surface area contributed by atoms with E-state index >= 15 is 0 Å². The maximum Gasteiger partial charge on any atom is 0.221 e. The van der Waals surface area contributed by atoms with E-state index in [4.69, 9.17) is 10.7 Å². The predicted molar refractivity (Wildman–Crippen MR) is 161 cm³/mol. The number of aromatic nitrogens is 3. The standard InChI is InChI=1S/C30H36N8O2S/c1-20-6-3-4-16-38(20)17-15-33-27(40)14-13-23-7-5-8-25(35-23)19-41-30-36-28(26(18-31)29(32)37-30)22-9-11-24(12-10-22)34-21(2)39/h5,7-12,20H,3-4,6,13-17,19H2,1-2H3,(H,33,40)(H,34,39)(H2,32,36,37). The van der Waals surface area contributed by atoms with Crippen LogP contribution in [-0.4, -0.2) is 57.3 Å². The van der Waals surface area contributed by atoms with E-state index in [2.05, 4.69) is 38.5 Å². The Kier molecular flexibility index (Phi) is 10.6. The van der Waals surface area contributed by atoms with E-state index in [-0.39, 0.29) is 23.2 Å². The van der Waals surface area contributed by atoms with Crippen LogP contribution in [0.25, 0.3) is 11.3 Å². The molecule has 1 aliphatic rings. The van der Waals surface area contributed by atoms with E-state index in [1.165, 1.54) is 37.9 Å². The molecule has 1 aromatic carbocycles. The highest BCUT2D eigenvalue weighted by Gasteiger charge is 2.18. The molecule has 10 nitrogen and oxygen atoms in total. The number of carbonyl (C=O) groups is 2. The van der Waals surface area contributed by atoms with Crippen molar-refractivity contribution >= 4 is 35.1 Å². The average Bonchev–Trinajstić information content (AvgIpc) is 2.96. The lowest BCUT2D eigenvalue weighted by atomic mass is 10.0. The van der Waals surface area contributed by atoms with E-state index < -0.39 is 0 Å². The summed E-state index contributed by atoms with van der Waals surface area (Å²) in [6.45, 7) is 6.37. The Hall–Kier alpha value is -4.01. The van der Waals surface area contributed by atoms with Crippen molar-refractivity contribution in [3.63, 3.8) is 0 Å². The topological polar surface area (TPSA) is 150 Å². The molecule has 4 N–H and O–H groups in total. The van der Waals surface area contributed by atoms with Gasteiger partial charge in [-0.1, -0.05) is 36.4 Å². The van der Waals surface area contributed by atoms with Crippen molar-refractivity contribution < 1.29 is 9.59 Å². The second-order valence-corrected chi connectivity index (χ2v) is 11.1. The molecule has 0 aliphatic carbocycles. The minimum absolute atomic E-state index is 0.0373. The number of anilines is 2. The highest BCUT2D eigenvalue weighted by Crippen LogP contribution is 2.29. The van der Waals surface area contributed by atoms with Gasteiger partial charge in [0.25, 0.3) is 0 Å². The number of piperidine rings is 1. The van der Waals surface area contributed by atoms with Gasteiger partial charge >= 0.3 is 0 Å². The number of nitrogen functional groups attached to an aromatic ring is 1. The molecule has 3 aromatic rings. The number of benzene rings is 1. The van der Waals surface area contributed by atoms with Crippen LogP contribution >= 0.6 is 11.8 Å². The number of rotatable bonds is 11. The Morgan fingerprint density at radius 3 is 2.63 bits per heavy atom. The summed E-state index contributed by atoms with van der Waals surface area (Å²) in [6, 6.07) is 15.5. The van der Waals surface area contributed by atoms with Crippen LogP contribution in [0.15, 0.2) is 47.6 Å². The van der Waals surface area contributed by atoms with Crippen LogP contribution in [0.1, 0.15) is 56.5 Å². The van der Waals surface area contributed by atoms with E-state index in [0.29, 0.717) is 53.3 Å². The molecule has 0 spiro atoms. The van der Waals surface area contributed by atoms with E-state index in [0.717, 1.165) is 24.5 Å². The number of nitrogens with one attached hydrogen (secondary N) is 2. The molecule has 4 rings (SSSR count).